The average Bonchev–Trinajstić information content (AvgIpc) is 2.45. The molecule has 0 amide bonds. The maximum Gasteiger partial charge on any atom is 0.673 e. The first-order valence-corrected chi connectivity index (χ1v) is 4.33. The number of nitrogens with zero attached hydrogens (tertiary/aromatic N) is 2. The second kappa shape index (κ2) is 4.66. The van der Waals surface area contributed by atoms with Gasteiger partial charge in [-0.05, 0) is 6.07 Å². The number of hydrogen-bond acceptors (Lipinski definition) is 2. The van der Waals surface area contributed by atoms with Crippen LogP contribution in [-0.2, 0) is 0 Å². The van der Waals surface area contributed by atoms with Gasteiger partial charge in [0.25, 0.3) is 0 Å². The lowest BCUT2D eigenvalue weighted by Crippen LogP contribution is -2.69. The summed E-state index contributed by atoms with van der Waals surface area (Å²) in [6.45, 7) is 0. The highest BCUT2D eigenvalue weighted by Crippen LogP contribution is 2.26. The number of halogens is 5. The molecule has 0 radical (unpaired) electrons. The SMILES string of the molecule is F[B-](F)(F)F.[O-][N+]1=N[NH2+]c2ccc(Cl)cc21. The maximum atomic E-state index is 10.9. The molecule has 16 heavy (non-hydrogen) atoms. The average molecular weight is 257 g/mol. The van der Waals surface area contributed by atoms with Gasteiger partial charge in [0.15, 0.2) is 5.22 Å². The Labute approximate surface area is 92.2 Å². The zero-order chi connectivity index (χ0) is 12.3. The van der Waals surface area contributed by atoms with Crippen LogP contribution in [-0.4, -0.2) is 12.1 Å². The van der Waals surface area contributed by atoms with Crippen molar-refractivity contribution in [1.29, 1.82) is 0 Å². The van der Waals surface area contributed by atoms with Gasteiger partial charge in [0, 0.05) is 22.0 Å². The molecule has 0 saturated carbocycles. The van der Waals surface area contributed by atoms with E-state index in [1.54, 1.807) is 18.2 Å². The summed E-state index contributed by atoms with van der Waals surface area (Å²) in [7, 11) is -6.00. The molecule has 0 aliphatic carbocycles. The topological polar surface area (TPSA) is 55.0 Å². The van der Waals surface area contributed by atoms with Gasteiger partial charge in [-0.3, -0.25) is 0 Å². The summed E-state index contributed by atoms with van der Waals surface area (Å²) in [6, 6.07) is 5.08. The molecule has 0 unspecified atom stereocenters. The van der Waals surface area contributed by atoms with Crippen molar-refractivity contribution in [3.05, 3.63) is 28.4 Å². The molecule has 1 aliphatic rings. The lowest BCUT2D eigenvalue weighted by molar-refractivity contribution is -0.669. The smallest absolute Gasteiger partial charge is 0.590 e. The largest absolute Gasteiger partial charge is 0.673 e. The molecule has 0 saturated heterocycles. The second-order valence-corrected chi connectivity index (χ2v) is 3.15. The van der Waals surface area contributed by atoms with Crippen molar-refractivity contribution in [3.63, 3.8) is 0 Å². The molecule has 1 heterocycles. The van der Waals surface area contributed by atoms with Crippen LogP contribution in [0.3, 0.4) is 0 Å². The van der Waals surface area contributed by atoms with Gasteiger partial charge in [-0.15, -0.1) is 5.43 Å². The van der Waals surface area contributed by atoms with Crippen molar-refractivity contribution in [2.75, 3.05) is 0 Å². The van der Waals surface area contributed by atoms with Crippen LogP contribution < -0.4 is 5.43 Å². The third kappa shape index (κ3) is 4.03. The second-order valence-electron chi connectivity index (χ2n) is 2.72. The Bertz CT molecular complexity index is 419. The molecule has 0 bridgehead atoms. The number of quaternary nitrogens is 1. The highest BCUT2D eigenvalue weighted by molar-refractivity contribution is 6.50. The molecule has 0 spiro atoms. The monoisotopic (exact) mass is 257 g/mol. The fraction of sp³-hybridized carbons (Fsp3) is 0. The molecule has 10 heteroatoms. The Balaban J connectivity index is 0.000000221. The number of fused-ring (bicyclic) bond motifs is 1. The molecule has 0 fully saturated rings. The molecule has 1 aromatic carbocycles. The van der Waals surface area contributed by atoms with Crippen molar-refractivity contribution in [3.8, 4) is 0 Å². The van der Waals surface area contributed by atoms with Gasteiger partial charge in [-0.2, -0.15) is 0 Å². The zero-order valence-corrected chi connectivity index (χ0v) is 8.34. The lowest BCUT2D eigenvalue weighted by atomic mass is 10.3. The van der Waals surface area contributed by atoms with E-state index in [-0.39, 0.29) is 0 Å². The molecule has 2 rings (SSSR count). The highest BCUT2D eigenvalue weighted by atomic mass is 35.5. The van der Waals surface area contributed by atoms with Crippen LogP contribution in [0, 0.1) is 5.21 Å². The van der Waals surface area contributed by atoms with Crippen LogP contribution in [0.2, 0.25) is 5.02 Å². The van der Waals surface area contributed by atoms with Crippen LogP contribution in [0.1, 0.15) is 0 Å². The standard InChI is InChI=1S/C6H4ClN3O.BF4/c7-4-1-2-5-6(3-4)10(11)9-8-5;2-1(3,4)5/h1-3,8H;/q;-1/p+1. The minimum absolute atomic E-state index is 0.512. The summed E-state index contributed by atoms with van der Waals surface area (Å²) in [5.74, 6) is 0. The van der Waals surface area contributed by atoms with Gasteiger partial charge >= 0.3 is 12.9 Å². The molecule has 4 nitrogen and oxygen atoms in total. The van der Waals surface area contributed by atoms with E-state index in [4.69, 9.17) is 11.6 Å². The Morgan fingerprint density at radius 2 is 1.88 bits per heavy atom. The third-order valence-electron chi connectivity index (χ3n) is 1.50. The molecular weight excluding hydrogens is 252 g/mol. The molecule has 2 N–H and O–H groups in total. The quantitative estimate of drug-likeness (QED) is 0.190. The third-order valence-corrected chi connectivity index (χ3v) is 1.74. The van der Waals surface area contributed by atoms with Gasteiger partial charge in [0.1, 0.15) is 0 Å². The van der Waals surface area contributed by atoms with E-state index in [9.17, 15) is 22.5 Å². The normalized spacial score (nSPS) is 13.7. The Morgan fingerprint density at radius 3 is 2.44 bits per heavy atom. The summed E-state index contributed by atoms with van der Waals surface area (Å²) < 4.78 is 39.0. The van der Waals surface area contributed by atoms with E-state index in [1.807, 2.05) is 0 Å². The van der Waals surface area contributed by atoms with Crippen molar-refractivity contribution in [1.82, 2.24) is 0 Å². The predicted molar refractivity (Wildman–Crippen MR) is 48.9 cm³/mol. The van der Waals surface area contributed by atoms with Crippen molar-refractivity contribution < 1.29 is 27.5 Å². The van der Waals surface area contributed by atoms with Gasteiger partial charge in [0.2, 0.25) is 5.69 Å². The summed E-state index contributed by atoms with van der Waals surface area (Å²) in [4.78, 5) is 0.557. The van der Waals surface area contributed by atoms with Crippen molar-refractivity contribution in [2.24, 2.45) is 5.22 Å². The highest BCUT2D eigenvalue weighted by Gasteiger charge is 2.23. The molecule has 1 aliphatic heterocycles. The van der Waals surface area contributed by atoms with E-state index >= 15 is 0 Å². The van der Waals surface area contributed by atoms with Gasteiger partial charge in [0.05, 0.1) is 0 Å². The van der Waals surface area contributed by atoms with Gasteiger partial charge in [-0.1, -0.05) is 11.6 Å². The van der Waals surface area contributed by atoms with Crippen molar-refractivity contribution in [2.45, 2.75) is 0 Å². The van der Waals surface area contributed by atoms with E-state index in [2.05, 4.69) is 5.22 Å². The molecule has 0 atom stereocenters. The Kier molecular flexibility index (Phi) is 3.71. The van der Waals surface area contributed by atoms with Crippen LogP contribution in [0.4, 0.5) is 28.6 Å². The first-order chi connectivity index (χ1) is 7.27. The van der Waals surface area contributed by atoms with E-state index in [1.165, 1.54) is 5.43 Å². The number of benzene rings is 1. The Morgan fingerprint density at radius 1 is 1.31 bits per heavy atom. The summed E-state index contributed by atoms with van der Waals surface area (Å²) in [6.07, 6.45) is 0. The first-order valence-electron chi connectivity index (χ1n) is 3.95. The molecule has 0 aromatic heterocycles. The van der Waals surface area contributed by atoms with E-state index < -0.39 is 7.25 Å². The first kappa shape index (κ1) is 12.7. The van der Waals surface area contributed by atoms with Crippen molar-refractivity contribution >= 4 is 30.2 Å². The van der Waals surface area contributed by atoms with Crippen LogP contribution in [0.15, 0.2) is 23.4 Å². The van der Waals surface area contributed by atoms with Crippen LogP contribution in [0.25, 0.3) is 0 Å². The number of nitrogens with two attached hydrogens (primary N) is 1. The molecule has 88 valence electrons. The summed E-state index contributed by atoms with van der Waals surface area (Å²) in [5, 5.41) is 15.0. The predicted octanol–water partition coefficient (Wildman–Crippen LogP) is 2.36. The zero-order valence-electron chi connectivity index (χ0n) is 7.58. The van der Waals surface area contributed by atoms with Gasteiger partial charge in [-0.25, -0.2) is 0 Å². The summed E-state index contributed by atoms with van der Waals surface area (Å²) >= 11 is 5.67. The molecule has 1 aromatic rings. The molecular formula is C6H5BClF4N3O. The minimum Gasteiger partial charge on any atom is -0.590 e. The van der Waals surface area contributed by atoms with E-state index in [0.29, 0.717) is 15.6 Å². The fourth-order valence-corrected chi connectivity index (χ4v) is 1.13. The minimum atomic E-state index is -6.00. The fourth-order valence-electron chi connectivity index (χ4n) is 0.968. The number of hydrogen-bond donors (Lipinski definition) is 1. The lowest BCUT2D eigenvalue weighted by Gasteiger charge is -1.94. The Hall–Kier alpha value is -1.35. The number of rotatable bonds is 0. The van der Waals surface area contributed by atoms with Crippen LogP contribution in [0.5, 0.6) is 0 Å². The summed E-state index contributed by atoms with van der Waals surface area (Å²) in [5.41, 5.74) is 2.83. The maximum absolute atomic E-state index is 10.9. The van der Waals surface area contributed by atoms with E-state index in [0.717, 1.165) is 5.69 Å². The van der Waals surface area contributed by atoms with Gasteiger partial charge < -0.3 is 22.5 Å². The van der Waals surface area contributed by atoms with Crippen LogP contribution >= 0.6 is 11.6 Å².